The average molecular weight is 456 g/mol. The van der Waals surface area contributed by atoms with Crippen LogP contribution in [0.25, 0.3) is 0 Å². The van der Waals surface area contributed by atoms with Crippen LogP contribution in [0.15, 0.2) is 27.7 Å². The maximum absolute atomic E-state index is 5.46. The first kappa shape index (κ1) is 19.7. The molecule has 0 saturated heterocycles. The summed E-state index contributed by atoms with van der Waals surface area (Å²) in [5, 5.41) is 10.6. The van der Waals surface area contributed by atoms with E-state index < -0.39 is 0 Å². The van der Waals surface area contributed by atoms with E-state index in [-0.39, 0.29) is 24.0 Å². The van der Waals surface area contributed by atoms with E-state index in [1.807, 2.05) is 13.8 Å². The number of rotatable bonds is 5. The molecule has 7 heteroatoms. The molecule has 25 heavy (non-hydrogen) atoms. The number of ether oxygens (including phenoxy) is 1. The largest absolute Gasteiger partial charge is 0.372 e. The van der Waals surface area contributed by atoms with Gasteiger partial charge in [-0.15, -0.1) is 24.0 Å². The summed E-state index contributed by atoms with van der Waals surface area (Å²) in [6, 6.07) is 6.44. The molecule has 0 spiro atoms. The summed E-state index contributed by atoms with van der Waals surface area (Å²) < 4.78 is 10.7. The molecule has 0 aliphatic carbocycles. The lowest BCUT2D eigenvalue weighted by atomic mass is 10.1. The van der Waals surface area contributed by atoms with E-state index in [1.54, 1.807) is 0 Å². The van der Waals surface area contributed by atoms with Crippen LogP contribution >= 0.6 is 24.0 Å². The molecule has 6 nitrogen and oxygen atoms in total. The van der Waals surface area contributed by atoms with Crippen molar-refractivity contribution < 1.29 is 9.26 Å². The number of aliphatic imine (C=N–C) groups is 1. The third kappa shape index (κ3) is 4.94. The summed E-state index contributed by atoms with van der Waals surface area (Å²) >= 11 is 0. The first-order valence-corrected chi connectivity index (χ1v) is 8.29. The van der Waals surface area contributed by atoms with Gasteiger partial charge in [-0.2, -0.15) is 0 Å². The van der Waals surface area contributed by atoms with Crippen LogP contribution in [-0.2, 0) is 31.0 Å². The van der Waals surface area contributed by atoms with Crippen LogP contribution in [0.4, 0.5) is 0 Å². The SMILES string of the molecule is CCNC(=NCc1ccc2c(c1)COC2)NCc1c(C)noc1C.I. The van der Waals surface area contributed by atoms with Crippen molar-refractivity contribution in [1.82, 2.24) is 15.8 Å². The highest BCUT2D eigenvalue weighted by Gasteiger charge is 2.12. The molecule has 0 unspecified atom stereocenters. The summed E-state index contributed by atoms with van der Waals surface area (Å²) in [5.41, 5.74) is 5.74. The molecule has 0 bridgehead atoms. The number of nitrogens with zero attached hydrogens (tertiary/aromatic N) is 2. The first-order chi connectivity index (χ1) is 11.7. The van der Waals surface area contributed by atoms with Crippen LogP contribution in [0.2, 0.25) is 0 Å². The van der Waals surface area contributed by atoms with Crippen LogP contribution in [0.3, 0.4) is 0 Å². The molecule has 2 aromatic rings. The number of benzene rings is 1. The van der Waals surface area contributed by atoms with Gasteiger partial charge in [-0.25, -0.2) is 4.99 Å². The van der Waals surface area contributed by atoms with Gasteiger partial charge in [0.05, 0.1) is 25.5 Å². The van der Waals surface area contributed by atoms with Crippen molar-refractivity contribution in [3.8, 4) is 0 Å². The lowest BCUT2D eigenvalue weighted by Crippen LogP contribution is -2.37. The van der Waals surface area contributed by atoms with Gasteiger partial charge < -0.3 is 19.9 Å². The fourth-order valence-electron chi connectivity index (χ4n) is 2.76. The van der Waals surface area contributed by atoms with E-state index in [0.717, 1.165) is 36.1 Å². The van der Waals surface area contributed by atoms with Crippen LogP contribution in [0, 0.1) is 13.8 Å². The quantitative estimate of drug-likeness (QED) is 0.411. The zero-order valence-corrected chi connectivity index (χ0v) is 17.2. The zero-order valence-electron chi connectivity index (χ0n) is 14.9. The van der Waals surface area contributed by atoms with Crippen LogP contribution < -0.4 is 10.6 Å². The normalized spacial score (nSPS) is 13.3. The van der Waals surface area contributed by atoms with Crippen molar-refractivity contribution in [2.75, 3.05) is 6.54 Å². The van der Waals surface area contributed by atoms with Crippen molar-refractivity contribution >= 4 is 29.9 Å². The van der Waals surface area contributed by atoms with Crippen LogP contribution in [-0.4, -0.2) is 17.7 Å². The average Bonchev–Trinajstić information content (AvgIpc) is 3.17. The number of nitrogens with one attached hydrogen (secondary N) is 2. The minimum absolute atomic E-state index is 0. The highest BCUT2D eigenvalue weighted by Crippen LogP contribution is 2.21. The molecular weight excluding hydrogens is 431 g/mol. The van der Waals surface area contributed by atoms with Crippen molar-refractivity contribution in [3.63, 3.8) is 0 Å². The summed E-state index contributed by atoms with van der Waals surface area (Å²) in [6.07, 6.45) is 0. The number of hydrogen-bond acceptors (Lipinski definition) is 4. The van der Waals surface area contributed by atoms with Gasteiger partial charge in [0.2, 0.25) is 0 Å². The molecule has 1 aliphatic heterocycles. The second-order valence-corrected chi connectivity index (χ2v) is 5.95. The Bertz CT molecular complexity index is 723. The van der Waals surface area contributed by atoms with Gasteiger partial charge in [-0.05, 0) is 37.5 Å². The Balaban J connectivity index is 0.00000225. The highest BCUT2D eigenvalue weighted by atomic mass is 127. The Labute approximate surface area is 165 Å². The van der Waals surface area contributed by atoms with Gasteiger partial charge in [0, 0.05) is 18.7 Å². The summed E-state index contributed by atoms with van der Waals surface area (Å²) in [7, 11) is 0. The Morgan fingerprint density at radius 2 is 2.00 bits per heavy atom. The van der Waals surface area contributed by atoms with E-state index in [2.05, 4.69) is 45.9 Å². The lowest BCUT2D eigenvalue weighted by molar-refractivity contribution is 0.134. The predicted octanol–water partition coefficient (Wildman–Crippen LogP) is 3.19. The summed E-state index contributed by atoms with van der Waals surface area (Å²) in [6.45, 7) is 9.44. The molecular formula is C18H25IN4O2. The molecule has 1 aromatic heterocycles. The summed E-state index contributed by atoms with van der Waals surface area (Å²) in [4.78, 5) is 4.67. The van der Waals surface area contributed by atoms with E-state index in [1.165, 1.54) is 16.7 Å². The molecule has 0 atom stereocenters. The highest BCUT2D eigenvalue weighted by molar-refractivity contribution is 14.0. The van der Waals surface area contributed by atoms with E-state index in [4.69, 9.17) is 9.26 Å². The molecule has 1 aromatic carbocycles. The molecule has 0 radical (unpaired) electrons. The van der Waals surface area contributed by atoms with Gasteiger partial charge in [0.15, 0.2) is 5.96 Å². The van der Waals surface area contributed by atoms with E-state index >= 15 is 0 Å². The lowest BCUT2D eigenvalue weighted by Gasteiger charge is -2.11. The molecule has 0 fully saturated rings. The zero-order chi connectivity index (χ0) is 16.9. The van der Waals surface area contributed by atoms with Gasteiger partial charge in [-0.1, -0.05) is 23.4 Å². The standard InChI is InChI=1S/C18H24N4O2.HI/c1-4-19-18(21-9-17-12(2)22-24-13(17)3)20-8-14-5-6-15-10-23-11-16(15)7-14;/h5-7H,4,8-11H2,1-3H3,(H2,19,20,21);1H. The maximum Gasteiger partial charge on any atom is 0.191 e. The Hall–Kier alpha value is -1.61. The van der Waals surface area contributed by atoms with Crippen LogP contribution in [0.5, 0.6) is 0 Å². The Morgan fingerprint density at radius 3 is 2.72 bits per heavy atom. The van der Waals surface area contributed by atoms with Crippen molar-refractivity contribution in [3.05, 3.63) is 51.9 Å². The summed E-state index contributed by atoms with van der Waals surface area (Å²) in [5.74, 6) is 1.63. The monoisotopic (exact) mass is 456 g/mol. The van der Waals surface area contributed by atoms with Gasteiger partial charge in [0.1, 0.15) is 5.76 Å². The minimum atomic E-state index is 0. The second kappa shape index (κ2) is 9.19. The third-order valence-electron chi connectivity index (χ3n) is 4.16. The molecule has 1 aliphatic rings. The number of fused-ring (bicyclic) bond motifs is 1. The molecule has 2 N–H and O–H groups in total. The van der Waals surface area contributed by atoms with E-state index in [0.29, 0.717) is 19.7 Å². The Morgan fingerprint density at radius 1 is 1.20 bits per heavy atom. The number of guanidine groups is 1. The van der Waals surface area contributed by atoms with Crippen molar-refractivity contribution in [2.45, 2.75) is 47.1 Å². The van der Waals surface area contributed by atoms with Gasteiger partial charge in [-0.3, -0.25) is 0 Å². The van der Waals surface area contributed by atoms with Crippen molar-refractivity contribution in [1.29, 1.82) is 0 Å². The molecule has 0 amide bonds. The smallest absolute Gasteiger partial charge is 0.191 e. The molecule has 3 rings (SSSR count). The number of halogens is 1. The van der Waals surface area contributed by atoms with E-state index in [9.17, 15) is 0 Å². The van der Waals surface area contributed by atoms with Crippen LogP contribution in [0.1, 0.15) is 40.6 Å². The first-order valence-electron chi connectivity index (χ1n) is 8.29. The third-order valence-corrected chi connectivity index (χ3v) is 4.16. The maximum atomic E-state index is 5.46. The predicted molar refractivity (Wildman–Crippen MR) is 108 cm³/mol. The van der Waals surface area contributed by atoms with Gasteiger partial charge >= 0.3 is 0 Å². The molecule has 136 valence electrons. The fourth-order valence-corrected chi connectivity index (χ4v) is 2.76. The fraction of sp³-hybridized carbons (Fsp3) is 0.444. The number of aryl methyl sites for hydroxylation is 2. The topological polar surface area (TPSA) is 71.7 Å². The minimum Gasteiger partial charge on any atom is -0.372 e. The second-order valence-electron chi connectivity index (χ2n) is 5.95. The molecule has 0 saturated carbocycles. The van der Waals surface area contributed by atoms with Crippen molar-refractivity contribution in [2.24, 2.45) is 4.99 Å². The van der Waals surface area contributed by atoms with Gasteiger partial charge in [0.25, 0.3) is 0 Å². The number of hydrogen-bond donors (Lipinski definition) is 2. The molecule has 2 heterocycles. The number of aromatic nitrogens is 1. The Kier molecular flexibility index (Phi) is 7.24.